The van der Waals surface area contributed by atoms with Gasteiger partial charge in [0.15, 0.2) is 0 Å². The van der Waals surface area contributed by atoms with Crippen LogP contribution in [0, 0.1) is 0 Å². The van der Waals surface area contributed by atoms with Crippen LogP contribution in [-0.4, -0.2) is 28.5 Å². The highest BCUT2D eigenvalue weighted by Gasteiger charge is 2.29. The second-order valence-corrected chi connectivity index (χ2v) is 7.58. The number of ether oxygens (including phenoxy) is 1. The summed E-state index contributed by atoms with van der Waals surface area (Å²) in [6, 6.07) is 18.3. The molecule has 1 fully saturated rings. The summed E-state index contributed by atoms with van der Waals surface area (Å²) in [6.45, 7) is -1.10. The molecule has 1 heterocycles. The van der Waals surface area contributed by atoms with Gasteiger partial charge in [0.2, 0.25) is 0 Å². The molecule has 0 aliphatic heterocycles. The Morgan fingerprint density at radius 3 is 2.39 bits per heavy atom. The maximum atomic E-state index is 12.9. The van der Waals surface area contributed by atoms with Crippen LogP contribution in [0.15, 0.2) is 60.7 Å². The second-order valence-electron chi connectivity index (χ2n) is 7.58. The van der Waals surface area contributed by atoms with Crippen molar-refractivity contribution >= 4 is 5.91 Å². The molecule has 162 valence electrons. The topological polar surface area (TPSA) is 56.1 Å². The van der Waals surface area contributed by atoms with Crippen molar-refractivity contribution < 1.29 is 22.7 Å². The lowest BCUT2D eigenvalue weighted by Gasteiger charge is -2.10. The molecule has 5 nitrogen and oxygen atoms in total. The molecule has 1 N–H and O–H groups in total. The minimum absolute atomic E-state index is 0.119. The summed E-state index contributed by atoms with van der Waals surface area (Å²) in [5, 5.41) is 7.54. The van der Waals surface area contributed by atoms with E-state index in [0.717, 1.165) is 29.8 Å². The summed E-state index contributed by atoms with van der Waals surface area (Å²) in [4.78, 5) is 12.9. The SMILES string of the molecule is O=C(NCc1ccc(COCC(F)(F)F)cc1)c1cc(C2CC2)nn1-c1ccccc1. The number of carbonyl (C=O) groups is 1. The molecule has 4 rings (SSSR count). The van der Waals surface area contributed by atoms with Crippen LogP contribution in [0.2, 0.25) is 0 Å². The molecule has 0 atom stereocenters. The lowest BCUT2D eigenvalue weighted by molar-refractivity contribution is -0.176. The van der Waals surface area contributed by atoms with E-state index < -0.39 is 12.8 Å². The maximum absolute atomic E-state index is 12.9. The average molecular weight is 429 g/mol. The van der Waals surface area contributed by atoms with Crippen LogP contribution in [0.25, 0.3) is 5.69 Å². The Balaban J connectivity index is 1.39. The van der Waals surface area contributed by atoms with E-state index in [0.29, 0.717) is 23.7 Å². The summed E-state index contributed by atoms with van der Waals surface area (Å²) in [5.74, 6) is 0.185. The summed E-state index contributed by atoms with van der Waals surface area (Å²) in [6.07, 6.45) is -2.16. The fourth-order valence-corrected chi connectivity index (χ4v) is 3.22. The van der Waals surface area contributed by atoms with Gasteiger partial charge in [-0.25, -0.2) is 4.68 Å². The van der Waals surface area contributed by atoms with Gasteiger partial charge in [-0.1, -0.05) is 42.5 Å². The van der Waals surface area contributed by atoms with Gasteiger partial charge < -0.3 is 10.1 Å². The van der Waals surface area contributed by atoms with Crippen molar-refractivity contribution in [2.24, 2.45) is 0 Å². The van der Waals surface area contributed by atoms with Crippen LogP contribution in [0.5, 0.6) is 0 Å². The third-order valence-corrected chi connectivity index (χ3v) is 4.97. The molecule has 0 bridgehead atoms. The third-order valence-electron chi connectivity index (χ3n) is 4.97. The number of aromatic nitrogens is 2. The molecule has 0 spiro atoms. The number of benzene rings is 2. The fourth-order valence-electron chi connectivity index (χ4n) is 3.22. The zero-order valence-corrected chi connectivity index (χ0v) is 16.7. The predicted molar refractivity (Wildman–Crippen MR) is 109 cm³/mol. The van der Waals surface area contributed by atoms with E-state index in [9.17, 15) is 18.0 Å². The quantitative estimate of drug-likeness (QED) is 0.562. The molecule has 31 heavy (non-hydrogen) atoms. The minimum Gasteiger partial charge on any atom is -0.367 e. The minimum atomic E-state index is -4.34. The van der Waals surface area contributed by atoms with Gasteiger partial charge in [0.05, 0.1) is 18.0 Å². The van der Waals surface area contributed by atoms with Crippen molar-refractivity contribution in [2.45, 2.75) is 38.1 Å². The number of amides is 1. The molecule has 1 aliphatic rings. The number of hydrogen-bond donors (Lipinski definition) is 1. The van der Waals surface area contributed by atoms with Gasteiger partial charge in [-0.15, -0.1) is 0 Å². The Bertz CT molecular complexity index is 1030. The Labute approximate surface area is 177 Å². The van der Waals surface area contributed by atoms with Crippen LogP contribution in [0.1, 0.15) is 46.1 Å². The van der Waals surface area contributed by atoms with Crippen molar-refractivity contribution in [3.8, 4) is 5.69 Å². The van der Waals surface area contributed by atoms with E-state index in [1.54, 1.807) is 28.9 Å². The first kappa shape index (κ1) is 21.1. The second kappa shape index (κ2) is 8.93. The Morgan fingerprint density at radius 2 is 1.74 bits per heavy atom. The predicted octanol–water partition coefficient (Wildman–Crippen LogP) is 4.76. The maximum Gasteiger partial charge on any atom is 0.411 e. The molecule has 2 aromatic carbocycles. The summed E-state index contributed by atoms with van der Waals surface area (Å²) in [7, 11) is 0. The molecular weight excluding hydrogens is 407 g/mol. The lowest BCUT2D eigenvalue weighted by Crippen LogP contribution is -2.25. The molecule has 1 aromatic heterocycles. The molecule has 8 heteroatoms. The molecule has 1 aliphatic carbocycles. The van der Waals surface area contributed by atoms with E-state index in [1.165, 1.54) is 0 Å². The molecule has 0 radical (unpaired) electrons. The van der Waals surface area contributed by atoms with Gasteiger partial charge >= 0.3 is 6.18 Å². The normalized spacial score (nSPS) is 13.9. The first-order valence-electron chi connectivity index (χ1n) is 10.0. The largest absolute Gasteiger partial charge is 0.411 e. The zero-order valence-electron chi connectivity index (χ0n) is 16.7. The number of hydrogen-bond acceptors (Lipinski definition) is 3. The number of para-hydroxylation sites is 1. The molecule has 0 saturated heterocycles. The summed E-state index contributed by atoms with van der Waals surface area (Å²) < 4.78 is 42.8. The van der Waals surface area contributed by atoms with Gasteiger partial charge in [-0.05, 0) is 42.2 Å². The number of carbonyl (C=O) groups excluding carboxylic acids is 1. The van der Waals surface area contributed by atoms with Crippen LogP contribution in [0.3, 0.4) is 0 Å². The number of rotatable bonds is 8. The van der Waals surface area contributed by atoms with Crippen molar-refractivity contribution in [3.05, 3.63) is 83.2 Å². The van der Waals surface area contributed by atoms with Gasteiger partial charge in [-0.3, -0.25) is 4.79 Å². The van der Waals surface area contributed by atoms with Crippen molar-refractivity contribution in [3.63, 3.8) is 0 Å². The Hall–Kier alpha value is -3.13. The van der Waals surface area contributed by atoms with Crippen molar-refractivity contribution in [1.82, 2.24) is 15.1 Å². The molecular formula is C23H22F3N3O2. The van der Waals surface area contributed by atoms with Gasteiger partial charge in [-0.2, -0.15) is 18.3 Å². The van der Waals surface area contributed by atoms with E-state index in [4.69, 9.17) is 0 Å². The molecule has 1 saturated carbocycles. The number of alkyl halides is 3. The van der Waals surface area contributed by atoms with Crippen LogP contribution in [0.4, 0.5) is 13.2 Å². The number of halogens is 3. The highest BCUT2D eigenvalue weighted by molar-refractivity contribution is 5.93. The van der Waals surface area contributed by atoms with Crippen LogP contribution >= 0.6 is 0 Å². The number of nitrogens with zero attached hydrogens (tertiary/aromatic N) is 2. The third kappa shape index (κ3) is 5.73. The van der Waals surface area contributed by atoms with Crippen LogP contribution < -0.4 is 5.32 Å². The van der Waals surface area contributed by atoms with E-state index >= 15 is 0 Å². The molecule has 3 aromatic rings. The van der Waals surface area contributed by atoms with E-state index in [-0.39, 0.29) is 12.5 Å². The standard InChI is InChI=1S/C23H22F3N3O2/c24-23(25,26)15-31-14-17-8-6-16(7-9-17)13-27-22(30)21-12-20(18-10-11-18)28-29(21)19-4-2-1-3-5-19/h1-9,12,18H,10-11,13-15H2,(H,27,30). The zero-order chi connectivity index (χ0) is 21.8. The summed E-state index contributed by atoms with van der Waals surface area (Å²) >= 11 is 0. The average Bonchev–Trinajstić information content (AvgIpc) is 3.51. The Morgan fingerprint density at radius 1 is 1.06 bits per heavy atom. The molecule has 0 unspecified atom stereocenters. The Kier molecular flexibility index (Phi) is 6.08. The highest BCUT2D eigenvalue weighted by Crippen LogP contribution is 2.39. The van der Waals surface area contributed by atoms with Gasteiger partial charge in [0.1, 0.15) is 12.3 Å². The first-order chi connectivity index (χ1) is 14.9. The smallest absolute Gasteiger partial charge is 0.367 e. The fraction of sp³-hybridized carbons (Fsp3) is 0.304. The van der Waals surface area contributed by atoms with E-state index in [1.807, 2.05) is 36.4 Å². The highest BCUT2D eigenvalue weighted by atomic mass is 19.4. The number of nitrogens with one attached hydrogen (secondary N) is 1. The molecule has 1 amide bonds. The van der Waals surface area contributed by atoms with E-state index in [2.05, 4.69) is 15.2 Å². The summed E-state index contributed by atoms with van der Waals surface area (Å²) in [5.41, 5.74) is 3.70. The van der Waals surface area contributed by atoms with Crippen molar-refractivity contribution in [1.29, 1.82) is 0 Å². The van der Waals surface area contributed by atoms with Gasteiger partial charge in [0.25, 0.3) is 5.91 Å². The first-order valence-corrected chi connectivity index (χ1v) is 10.0. The lowest BCUT2D eigenvalue weighted by atomic mass is 10.1. The van der Waals surface area contributed by atoms with Crippen molar-refractivity contribution in [2.75, 3.05) is 6.61 Å². The van der Waals surface area contributed by atoms with Crippen LogP contribution in [-0.2, 0) is 17.9 Å². The van der Waals surface area contributed by atoms with Gasteiger partial charge in [0, 0.05) is 12.5 Å². The monoisotopic (exact) mass is 429 g/mol.